The number of benzene rings is 3. The van der Waals surface area contributed by atoms with Gasteiger partial charge >= 0.3 is 5.97 Å². The van der Waals surface area contributed by atoms with Crippen molar-refractivity contribution in [3.05, 3.63) is 102 Å². The van der Waals surface area contributed by atoms with Gasteiger partial charge in [0.25, 0.3) is 0 Å². The lowest BCUT2D eigenvalue weighted by Gasteiger charge is -2.26. The first-order valence-corrected chi connectivity index (χ1v) is 24.0. The Morgan fingerprint density at radius 3 is 1.97 bits per heavy atom. The Kier molecular flexibility index (Phi) is 20.1. The average Bonchev–Trinajstić information content (AvgIpc) is 4.02. The Morgan fingerprint density at radius 1 is 0.658 bits per heavy atom. The van der Waals surface area contributed by atoms with Crippen molar-refractivity contribution in [3.8, 4) is 0 Å². The number of H-pyrrole nitrogens is 2. The number of para-hydroxylation sites is 1. The van der Waals surface area contributed by atoms with Crippen molar-refractivity contribution >= 4 is 74.9 Å². The van der Waals surface area contributed by atoms with Gasteiger partial charge in [-0.25, -0.2) is 9.78 Å². The average molecular weight is 1010 g/mol. The maximum atomic E-state index is 14.2. The molecule has 5 aromatic rings. The lowest BCUT2D eigenvalue weighted by atomic mass is 10.0. The molecule has 7 atom stereocenters. The number of aromatic amines is 2. The minimum absolute atomic E-state index is 0.0628. The smallest absolute Gasteiger partial charge is 0.326 e. The molecule has 0 aliphatic carbocycles. The molecule has 8 amide bonds. The molecule has 0 spiro atoms. The van der Waals surface area contributed by atoms with Crippen molar-refractivity contribution in [2.24, 2.45) is 23.3 Å². The summed E-state index contributed by atoms with van der Waals surface area (Å²) in [6.45, 7) is 7.63. The summed E-state index contributed by atoms with van der Waals surface area (Å²) >= 11 is 0. The molecule has 2 heterocycles. The largest absolute Gasteiger partial charge is 0.480 e. The van der Waals surface area contributed by atoms with E-state index in [1.807, 2.05) is 60.7 Å². The van der Waals surface area contributed by atoms with Gasteiger partial charge in [-0.2, -0.15) is 0 Å². The second-order valence-electron chi connectivity index (χ2n) is 18.8. The zero-order chi connectivity index (χ0) is 53.4. The van der Waals surface area contributed by atoms with Crippen LogP contribution in [0.4, 0.5) is 0 Å². The van der Waals surface area contributed by atoms with Gasteiger partial charge in [0, 0.05) is 48.3 Å². The second kappa shape index (κ2) is 26.3. The molecule has 73 heavy (non-hydrogen) atoms. The van der Waals surface area contributed by atoms with Crippen molar-refractivity contribution in [3.63, 3.8) is 0 Å². The third kappa shape index (κ3) is 16.7. The highest BCUT2D eigenvalue weighted by Crippen LogP contribution is 2.20. The number of carbonyl (C=O) groups excluding carboxylic acids is 8. The van der Waals surface area contributed by atoms with Crippen LogP contribution in [0.15, 0.2) is 85.5 Å². The van der Waals surface area contributed by atoms with Crippen LogP contribution in [0.1, 0.15) is 70.7 Å². The van der Waals surface area contributed by atoms with E-state index in [0.717, 1.165) is 27.2 Å². The quantitative estimate of drug-likeness (QED) is 0.0342. The molecule has 22 heteroatoms. The van der Waals surface area contributed by atoms with Gasteiger partial charge in [-0.05, 0) is 66.0 Å². The van der Waals surface area contributed by atoms with Crippen LogP contribution < -0.4 is 48.7 Å². The summed E-state index contributed by atoms with van der Waals surface area (Å²) in [5.41, 5.74) is 14.4. The number of amides is 8. The van der Waals surface area contributed by atoms with Gasteiger partial charge in [-0.3, -0.25) is 38.4 Å². The maximum absolute atomic E-state index is 14.2. The molecule has 0 aliphatic rings. The highest BCUT2D eigenvalue weighted by atomic mass is 16.4. The van der Waals surface area contributed by atoms with E-state index in [1.165, 1.54) is 19.4 Å². The topological polar surface area (TPSA) is 355 Å². The van der Waals surface area contributed by atoms with E-state index >= 15 is 0 Å². The van der Waals surface area contributed by atoms with Crippen LogP contribution in [0.25, 0.3) is 21.7 Å². The predicted octanol–water partition coefficient (Wildman–Crippen LogP) is 0.496. The molecule has 2 aromatic heterocycles. The molecular formula is C51H66N12O10. The van der Waals surface area contributed by atoms with Crippen LogP contribution in [0, 0.1) is 11.8 Å². The fourth-order valence-corrected chi connectivity index (χ4v) is 8.05. The SMILES string of the molecule is CC(C)C[C@H](NC(=O)[C@H](Cc1cnc[nH]1)NC(=O)CNC(=O)[C@@H](NC(=O)[C@H](C)NC(=O)[C@H](Cc1c[nH]c2ccccc12)NC(=O)[C@H](CCC(N)=O)NC(=O)[C@@H](N)Cc1ccc2ccccc2c1)C(C)C)C(=O)O. The van der Waals surface area contributed by atoms with Crippen molar-refractivity contribution in [1.82, 2.24) is 52.2 Å². The summed E-state index contributed by atoms with van der Waals surface area (Å²) in [5, 5.41) is 30.4. The highest BCUT2D eigenvalue weighted by molar-refractivity contribution is 5.98. The van der Waals surface area contributed by atoms with Crippen molar-refractivity contribution < 1.29 is 48.3 Å². The molecule has 3 aromatic carbocycles. The zero-order valence-electron chi connectivity index (χ0n) is 41.5. The van der Waals surface area contributed by atoms with Crippen molar-refractivity contribution in [1.29, 1.82) is 0 Å². The number of imidazole rings is 1. The summed E-state index contributed by atoms with van der Waals surface area (Å²) in [6, 6.07) is 11.9. The number of nitrogens with two attached hydrogens (primary N) is 2. The molecule has 5 rings (SSSR count). The molecule has 22 nitrogen and oxygen atoms in total. The van der Waals surface area contributed by atoms with E-state index in [1.54, 1.807) is 40.0 Å². The first-order chi connectivity index (χ1) is 34.7. The van der Waals surface area contributed by atoms with Crippen LogP contribution in [0.5, 0.6) is 0 Å². The Labute approximate surface area is 421 Å². The predicted molar refractivity (Wildman–Crippen MR) is 271 cm³/mol. The van der Waals surface area contributed by atoms with Gasteiger partial charge in [-0.15, -0.1) is 0 Å². The Hall–Kier alpha value is -8.14. The Balaban J connectivity index is 1.25. The van der Waals surface area contributed by atoms with Crippen LogP contribution in [-0.4, -0.2) is 122 Å². The van der Waals surface area contributed by atoms with E-state index in [-0.39, 0.29) is 44.4 Å². The third-order valence-electron chi connectivity index (χ3n) is 12.0. The number of aromatic nitrogens is 3. The molecule has 0 unspecified atom stereocenters. The molecule has 390 valence electrons. The van der Waals surface area contributed by atoms with Gasteiger partial charge in [-0.1, -0.05) is 88.4 Å². The van der Waals surface area contributed by atoms with Gasteiger partial charge in [0.05, 0.1) is 18.9 Å². The number of carboxylic acid groups (broad SMARTS) is 1. The van der Waals surface area contributed by atoms with Gasteiger partial charge < -0.3 is 63.8 Å². The number of hydrogen-bond donors (Lipinski definition) is 12. The van der Waals surface area contributed by atoms with Crippen LogP contribution >= 0.6 is 0 Å². The van der Waals surface area contributed by atoms with E-state index in [0.29, 0.717) is 11.3 Å². The van der Waals surface area contributed by atoms with E-state index < -0.39 is 108 Å². The first-order valence-electron chi connectivity index (χ1n) is 24.0. The minimum Gasteiger partial charge on any atom is -0.480 e. The summed E-state index contributed by atoms with van der Waals surface area (Å²) < 4.78 is 0. The monoisotopic (exact) mass is 1010 g/mol. The number of fused-ring (bicyclic) bond motifs is 2. The fraction of sp³-hybridized carbons (Fsp3) is 0.412. The van der Waals surface area contributed by atoms with Gasteiger partial charge in [0.2, 0.25) is 47.3 Å². The molecule has 14 N–H and O–H groups in total. The van der Waals surface area contributed by atoms with Crippen molar-refractivity contribution in [2.75, 3.05) is 6.54 Å². The number of rotatable bonds is 27. The lowest BCUT2D eigenvalue weighted by Crippen LogP contribution is -2.59. The number of hydrogen-bond acceptors (Lipinski definition) is 11. The van der Waals surface area contributed by atoms with Crippen LogP contribution in [0.3, 0.4) is 0 Å². The van der Waals surface area contributed by atoms with E-state index in [9.17, 15) is 48.3 Å². The standard InChI is InChI=1S/C51H66N12O10/c1-27(2)18-41(51(72)73)62-49(70)40(22-34-24-54-26-57-34)59-43(65)25-56-50(71)44(28(3)4)63-45(66)29(5)58-48(69)39(21-33-23-55-37-13-9-8-12-35(33)37)61-47(68)38(16-17-42(53)64)60-46(67)36(52)20-30-14-15-31-10-6-7-11-32(31)19-30/h6-15,19,23-24,26-29,36,38-41,44,55H,16-18,20-22,25,52H2,1-5H3,(H2,53,64)(H,54,57)(H,56,71)(H,58,69)(H,59,65)(H,60,67)(H,61,68)(H,62,70)(H,63,66)(H,72,73)/t29-,36-,38-,39-,40-,41-,44-/m0/s1. The van der Waals surface area contributed by atoms with Crippen LogP contribution in [0.2, 0.25) is 0 Å². The first kappa shape index (κ1) is 55.8. The summed E-state index contributed by atoms with van der Waals surface area (Å²) in [4.78, 5) is 129. The molecule has 0 radical (unpaired) electrons. The number of primary amides is 1. The van der Waals surface area contributed by atoms with Crippen LogP contribution in [-0.2, 0) is 62.4 Å². The van der Waals surface area contributed by atoms with Crippen molar-refractivity contribution in [2.45, 2.75) is 115 Å². The number of nitrogens with one attached hydrogen (secondary N) is 9. The van der Waals surface area contributed by atoms with Gasteiger partial charge in [0.15, 0.2) is 0 Å². The van der Waals surface area contributed by atoms with E-state index in [2.05, 4.69) is 52.2 Å². The van der Waals surface area contributed by atoms with E-state index in [4.69, 9.17) is 11.5 Å². The molecular weight excluding hydrogens is 941 g/mol. The maximum Gasteiger partial charge on any atom is 0.326 e. The number of nitrogens with zero attached hydrogens (tertiary/aromatic N) is 1. The lowest BCUT2D eigenvalue weighted by molar-refractivity contribution is -0.142. The Morgan fingerprint density at radius 2 is 1.30 bits per heavy atom. The number of aliphatic carboxylic acids is 1. The second-order valence-corrected chi connectivity index (χ2v) is 18.8. The molecule has 0 bridgehead atoms. The summed E-state index contributed by atoms with van der Waals surface area (Å²) in [5.74, 6) is -8.00. The summed E-state index contributed by atoms with van der Waals surface area (Å²) in [7, 11) is 0. The Bertz CT molecular complexity index is 2760. The normalized spacial score (nSPS) is 14.2. The molecule has 0 aliphatic heterocycles. The zero-order valence-corrected chi connectivity index (χ0v) is 41.5. The fourth-order valence-electron chi connectivity index (χ4n) is 8.05. The molecule has 0 saturated carbocycles. The highest BCUT2D eigenvalue weighted by Gasteiger charge is 2.33. The number of carboxylic acids is 1. The summed E-state index contributed by atoms with van der Waals surface area (Å²) in [6.07, 6.45) is 4.09. The third-order valence-corrected chi connectivity index (χ3v) is 12.0. The minimum atomic E-state index is -1.35. The molecule has 0 fully saturated rings. The van der Waals surface area contributed by atoms with Gasteiger partial charge in [0.1, 0.15) is 36.3 Å². The molecule has 0 saturated heterocycles. The number of carbonyl (C=O) groups is 9.